The van der Waals surface area contributed by atoms with Gasteiger partial charge in [0.05, 0.1) is 6.61 Å². The Labute approximate surface area is 231 Å². The van der Waals surface area contributed by atoms with E-state index in [1.54, 1.807) is 12.1 Å². The minimum atomic E-state index is -0.804. The molecule has 2 fully saturated rings. The van der Waals surface area contributed by atoms with Crippen LogP contribution in [0.25, 0.3) is 0 Å². The van der Waals surface area contributed by atoms with Crippen molar-refractivity contribution in [2.75, 3.05) is 6.61 Å². The first-order valence-electron chi connectivity index (χ1n) is 16.0. The van der Waals surface area contributed by atoms with E-state index in [1.807, 2.05) is 0 Å². The number of hydrogen-bond acceptors (Lipinski definition) is 1. The summed E-state index contributed by atoms with van der Waals surface area (Å²) in [6.45, 7) is 4.94. The van der Waals surface area contributed by atoms with E-state index in [0.717, 1.165) is 56.3 Å². The summed E-state index contributed by atoms with van der Waals surface area (Å²) in [7, 11) is 0. The Morgan fingerprint density at radius 2 is 1.47 bits per heavy atom. The second-order valence-electron chi connectivity index (χ2n) is 12.6. The molecule has 0 bridgehead atoms. The molecule has 38 heavy (non-hydrogen) atoms. The molecule has 2 atom stereocenters. The third kappa shape index (κ3) is 8.43. The van der Waals surface area contributed by atoms with Gasteiger partial charge in [-0.3, -0.25) is 0 Å². The summed E-state index contributed by atoms with van der Waals surface area (Å²) in [6, 6.07) is 3.44. The zero-order chi connectivity index (χ0) is 26.7. The highest BCUT2D eigenvalue weighted by Gasteiger charge is 2.27. The summed E-state index contributed by atoms with van der Waals surface area (Å²) in [5.41, 5.74) is 0.549. The van der Waals surface area contributed by atoms with Gasteiger partial charge >= 0.3 is 0 Å². The van der Waals surface area contributed by atoms with Crippen LogP contribution < -0.4 is 4.74 Å². The molecule has 3 aliphatic rings. The average molecular weight is 527 g/mol. The second kappa shape index (κ2) is 15.2. The zero-order valence-corrected chi connectivity index (χ0v) is 24.1. The molecule has 2 saturated carbocycles. The van der Waals surface area contributed by atoms with Gasteiger partial charge in [0.1, 0.15) is 0 Å². The Kier molecular flexibility index (Phi) is 11.8. The normalized spacial score (nSPS) is 30.1. The molecule has 0 radical (unpaired) electrons. The monoisotopic (exact) mass is 526 g/mol. The van der Waals surface area contributed by atoms with E-state index >= 15 is 4.39 Å². The maximum absolute atomic E-state index is 15.0. The number of allylic oxidation sites excluding steroid dienone is 3. The van der Waals surface area contributed by atoms with Gasteiger partial charge in [0, 0.05) is 5.92 Å². The van der Waals surface area contributed by atoms with Crippen LogP contribution >= 0.6 is 0 Å². The van der Waals surface area contributed by atoms with Crippen molar-refractivity contribution in [3.63, 3.8) is 0 Å². The fraction of sp³-hybridized carbons (Fsp3) is 0.714. The van der Waals surface area contributed by atoms with Crippen LogP contribution in [0, 0.1) is 41.2 Å². The van der Waals surface area contributed by atoms with Crippen LogP contribution in [-0.2, 0) is 0 Å². The van der Waals surface area contributed by atoms with Crippen molar-refractivity contribution in [2.45, 2.75) is 122 Å². The van der Waals surface area contributed by atoms with Crippen LogP contribution in [0.15, 0.2) is 36.4 Å². The SMILES string of the molecule is CCCCCC1CCC(c2ccc(OCC3C=CC(C=CC4CCC(CCC)CC4)CC3)c(F)c2F)CC1. The van der Waals surface area contributed by atoms with Gasteiger partial charge in [-0.15, -0.1) is 0 Å². The minimum Gasteiger partial charge on any atom is -0.490 e. The van der Waals surface area contributed by atoms with E-state index in [1.165, 1.54) is 64.2 Å². The number of rotatable bonds is 12. The van der Waals surface area contributed by atoms with E-state index in [2.05, 4.69) is 38.2 Å². The van der Waals surface area contributed by atoms with Gasteiger partial charge in [-0.2, -0.15) is 4.39 Å². The summed E-state index contributed by atoms with van der Waals surface area (Å²) in [6.07, 6.45) is 29.0. The standard InChI is InChI=1S/C35H52F2O/c1-3-5-6-8-27-19-21-31(22-20-27)32-23-24-33(35(37)34(32)36)38-25-30-17-15-29(16-18-30)14-13-28-11-9-26(7-4-2)10-12-28/h13-15,17,23-24,26-31H,3-12,16,18-22,25H2,1-2H3. The van der Waals surface area contributed by atoms with E-state index in [-0.39, 0.29) is 17.6 Å². The van der Waals surface area contributed by atoms with Gasteiger partial charge < -0.3 is 4.74 Å². The Balaban J connectivity index is 1.21. The summed E-state index contributed by atoms with van der Waals surface area (Å²) in [4.78, 5) is 0. The van der Waals surface area contributed by atoms with Crippen LogP contribution in [0.4, 0.5) is 8.78 Å². The molecule has 0 spiro atoms. The van der Waals surface area contributed by atoms with Crippen LogP contribution in [0.3, 0.4) is 0 Å². The quantitative estimate of drug-likeness (QED) is 0.194. The van der Waals surface area contributed by atoms with Crippen molar-refractivity contribution >= 4 is 0 Å². The predicted octanol–water partition coefficient (Wildman–Crippen LogP) is 10.9. The smallest absolute Gasteiger partial charge is 0.200 e. The van der Waals surface area contributed by atoms with Crippen molar-refractivity contribution in [3.05, 3.63) is 53.6 Å². The van der Waals surface area contributed by atoms with Gasteiger partial charge in [0.2, 0.25) is 5.82 Å². The summed E-state index contributed by atoms with van der Waals surface area (Å²) < 4.78 is 35.8. The lowest BCUT2D eigenvalue weighted by Gasteiger charge is -2.29. The predicted molar refractivity (Wildman–Crippen MR) is 156 cm³/mol. The third-order valence-electron chi connectivity index (χ3n) is 9.75. The lowest BCUT2D eigenvalue weighted by molar-refractivity contribution is 0.244. The molecule has 0 amide bonds. The van der Waals surface area contributed by atoms with Crippen LogP contribution in [0.1, 0.15) is 128 Å². The fourth-order valence-corrected chi connectivity index (χ4v) is 7.19. The molecular weight excluding hydrogens is 474 g/mol. The molecule has 0 aliphatic heterocycles. The molecule has 2 unspecified atom stereocenters. The number of ether oxygens (including phenoxy) is 1. The molecule has 4 rings (SSSR count). The van der Waals surface area contributed by atoms with Crippen molar-refractivity contribution in [1.82, 2.24) is 0 Å². The summed E-state index contributed by atoms with van der Waals surface area (Å²) >= 11 is 0. The Morgan fingerprint density at radius 3 is 2.16 bits per heavy atom. The molecule has 3 aliphatic carbocycles. The molecule has 1 aromatic carbocycles. The number of unbranched alkanes of at least 4 members (excludes halogenated alkanes) is 2. The van der Waals surface area contributed by atoms with E-state index in [4.69, 9.17) is 4.74 Å². The van der Waals surface area contributed by atoms with Gasteiger partial charge in [-0.25, -0.2) is 4.39 Å². The highest BCUT2D eigenvalue weighted by Crippen LogP contribution is 2.40. The lowest BCUT2D eigenvalue weighted by atomic mass is 9.77. The van der Waals surface area contributed by atoms with Crippen molar-refractivity contribution in [1.29, 1.82) is 0 Å². The van der Waals surface area contributed by atoms with Crippen LogP contribution in [-0.4, -0.2) is 6.61 Å². The number of hydrogen-bond donors (Lipinski definition) is 0. The third-order valence-corrected chi connectivity index (χ3v) is 9.75. The van der Waals surface area contributed by atoms with E-state index < -0.39 is 11.6 Å². The Hall–Kier alpha value is -1.64. The van der Waals surface area contributed by atoms with Gasteiger partial charge in [0.25, 0.3) is 0 Å². The van der Waals surface area contributed by atoms with Gasteiger partial charge in [0.15, 0.2) is 11.6 Å². The van der Waals surface area contributed by atoms with E-state index in [9.17, 15) is 4.39 Å². The van der Waals surface area contributed by atoms with Gasteiger partial charge in [-0.1, -0.05) is 82.7 Å². The molecule has 0 heterocycles. The first-order chi connectivity index (χ1) is 18.6. The van der Waals surface area contributed by atoms with Crippen LogP contribution in [0.5, 0.6) is 5.75 Å². The first kappa shape index (κ1) is 29.3. The van der Waals surface area contributed by atoms with Crippen molar-refractivity contribution in [3.8, 4) is 5.75 Å². The molecular formula is C35H52F2O. The van der Waals surface area contributed by atoms with Crippen molar-refractivity contribution < 1.29 is 13.5 Å². The average Bonchev–Trinajstić information content (AvgIpc) is 2.95. The minimum absolute atomic E-state index is 0.0635. The van der Waals surface area contributed by atoms with Crippen LogP contribution in [0.2, 0.25) is 0 Å². The molecule has 1 nitrogen and oxygen atoms in total. The maximum atomic E-state index is 15.0. The Bertz CT molecular complexity index is 889. The van der Waals surface area contributed by atoms with Crippen molar-refractivity contribution in [2.24, 2.45) is 29.6 Å². The fourth-order valence-electron chi connectivity index (χ4n) is 7.19. The number of halogens is 2. The molecule has 0 saturated heterocycles. The molecule has 0 aromatic heterocycles. The first-order valence-corrected chi connectivity index (χ1v) is 16.0. The zero-order valence-electron chi connectivity index (χ0n) is 24.1. The molecule has 3 heteroatoms. The second-order valence-corrected chi connectivity index (χ2v) is 12.6. The highest BCUT2D eigenvalue weighted by molar-refractivity contribution is 5.33. The van der Waals surface area contributed by atoms with Gasteiger partial charge in [-0.05, 0) is 105 Å². The Morgan fingerprint density at radius 1 is 0.737 bits per heavy atom. The molecule has 1 aromatic rings. The molecule has 212 valence electrons. The highest BCUT2D eigenvalue weighted by atomic mass is 19.2. The maximum Gasteiger partial charge on any atom is 0.200 e. The topological polar surface area (TPSA) is 9.23 Å². The summed E-state index contributed by atoms with van der Waals surface area (Å²) in [5.74, 6) is 1.93. The largest absolute Gasteiger partial charge is 0.490 e. The summed E-state index contributed by atoms with van der Waals surface area (Å²) in [5, 5.41) is 0. The lowest BCUT2D eigenvalue weighted by Crippen LogP contribution is -2.17. The number of benzene rings is 1. The van der Waals surface area contributed by atoms with E-state index in [0.29, 0.717) is 18.1 Å². The molecule has 0 N–H and O–H groups in total.